The van der Waals surface area contributed by atoms with Gasteiger partial charge in [-0.2, -0.15) is 0 Å². The summed E-state index contributed by atoms with van der Waals surface area (Å²) in [6.07, 6.45) is 0.864. The lowest BCUT2D eigenvalue weighted by Crippen LogP contribution is -2.53. The SMILES string of the molecule is COc1cccc(C(=O)N2CCN(CC3(C)Cc4c(C)c(N)c(C)c(C)c4O3)CC2)c1. The van der Waals surface area contributed by atoms with Gasteiger partial charge in [0.2, 0.25) is 0 Å². The van der Waals surface area contributed by atoms with Crippen LogP contribution < -0.4 is 15.2 Å². The number of methoxy groups -OCH3 is 1. The number of rotatable bonds is 4. The number of hydrogen-bond donors (Lipinski definition) is 1. The van der Waals surface area contributed by atoms with Gasteiger partial charge in [-0.15, -0.1) is 0 Å². The van der Waals surface area contributed by atoms with Crippen molar-refractivity contribution in [2.75, 3.05) is 45.6 Å². The molecule has 0 aliphatic carbocycles. The second kappa shape index (κ2) is 8.08. The monoisotopic (exact) mass is 423 g/mol. The number of ether oxygens (including phenoxy) is 2. The van der Waals surface area contributed by atoms with E-state index in [4.69, 9.17) is 15.2 Å². The number of fused-ring (bicyclic) bond motifs is 1. The first-order valence-electron chi connectivity index (χ1n) is 11.0. The molecule has 6 heteroatoms. The molecule has 1 fully saturated rings. The second-order valence-corrected chi connectivity index (χ2v) is 9.13. The van der Waals surface area contributed by atoms with Gasteiger partial charge in [-0.05, 0) is 62.6 Å². The maximum absolute atomic E-state index is 12.9. The van der Waals surface area contributed by atoms with Gasteiger partial charge in [0.05, 0.1) is 7.11 Å². The highest BCUT2D eigenvalue weighted by Gasteiger charge is 2.40. The summed E-state index contributed by atoms with van der Waals surface area (Å²) in [5.74, 6) is 1.78. The Morgan fingerprint density at radius 1 is 1.13 bits per heavy atom. The molecule has 2 aromatic carbocycles. The van der Waals surface area contributed by atoms with Gasteiger partial charge in [0, 0.05) is 56.0 Å². The number of piperazine rings is 1. The molecule has 2 heterocycles. The van der Waals surface area contributed by atoms with Gasteiger partial charge in [-0.25, -0.2) is 0 Å². The predicted octanol–water partition coefficient (Wildman–Crippen LogP) is 3.35. The summed E-state index contributed by atoms with van der Waals surface area (Å²) in [5, 5.41) is 0. The summed E-state index contributed by atoms with van der Waals surface area (Å²) in [5.41, 5.74) is 12.3. The Morgan fingerprint density at radius 2 is 1.84 bits per heavy atom. The third-order valence-corrected chi connectivity index (χ3v) is 6.87. The van der Waals surface area contributed by atoms with Crippen molar-refractivity contribution in [2.45, 2.75) is 39.7 Å². The zero-order valence-electron chi connectivity index (χ0n) is 19.2. The van der Waals surface area contributed by atoms with E-state index in [1.165, 1.54) is 5.56 Å². The molecule has 166 valence electrons. The molecular weight excluding hydrogens is 390 g/mol. The predicted molar refractivity (Wildman–Crippen MR) is 123 cm³/mol. The van der Waals surface area contributed by atoms with Crippen LogP contribution in [-0.4, -0.2) is 61.1 Å². The van der Waals surface area contributed by atoms with Gasteiger partial charge in [-0.1, -0.05) is 6.07 Å². The van der Waals surface area contributed by atoms with E-state index in [9.17, 15) is 4.79 Å². The molecule has 0 aromatic heterocycles. The highest BCUT2D eigenvalue weighted by Crippen LogP contribution is 2.43. The Kier molecular flexibility index (Phi) is 5.60. The van der Waals surface area contributed by atoms with Crippen molar-refractivity contribution in [3.63, 3.8) is 0 Å². The number of amides is 1. The maximum Gasteiger partial charge on any atom is 0.254 e. The topological polar surface area (TPSA) is 68.0 Å². The fraction of sp³-hybridized carbons (Fsp3) is 0.480. The van der Waals surface area contributed by atoms with Crippen LogP contribution in [-0.2, 0) is 6.42 Å². The molecule has 2 N–H and O–H groups in total. The number of nitrogen functional groups attached to an aromatic ring is 1. The fourth-order valence-corrected chi connectivity index (χ4v) is 4.83. The largest absolute Gasteiger partial charge is 0.497 e. The molecule has 1 atom stereocenters. The highest BCUT2D eigenvalue weighted by atomic mass is 16.5. The Hall–Kier alpha value is -2.73. The number of carbonyl (C=O) groups is 1. The lowest BCUT2D eigenvalue weighted by atomic mass is 9.91. The number of nitrogens with zero attached hydrogens (tertiary/aromatic N) is 2. The molecule has 2 aliphatic rings. The van der Waals surface area contributed by atoms with Gasteiger partial charge in [-0.3, -0.25) is 9.69 Å². The number of nitrogens with two attached hydrogens (primary N) is 1. The molecular formula is C25H33N3O3. The number of carbonyl (C=O) groups excluding carboxylic acids is 1. The van der Waals surface area contributed by atoms with Gasteiger partial charge >= 0.3 is 0 Å². The van der Waals surface area contributed by atoms with Crippen LogP contribution in [0.2, 0.25) is 0 Å². The number of benzene rings is 2. The summed E-state index contributed by atoms with van der Waals surface area (Å²) in [6, 6.07) is 7.36. The van der Waals surface area contributed by atoms with Gasteiger partial charge in [0.15, 0.2) is 0 Å². The molecule has 1 amide bonds. The molecule has 0 saturated carbocycles. The average Bonchev–Trinajstić information content (AvgIpc) is 3.13. The summed E-state index contributed by atoms with van der Waals surface area (Å²) in [6.45, 7) is 12.4. The molecule has 4 rings (SSSR count). The van der Waals surface area contributed by atoms with Crippen LogP contribution in [0.15, 0.2) is 24.3 Å². The van der Waals surface area contributed by atoms with Crippen LogP contribution in [0.1, 0.15) is 39.5 Å². The van der Waals surface area contributed by atoms with Crippen LogP contribution in [0.5, 0.6) is 11.5 Å². The molecule has 2 aromatic rings. The van der Waals surface area contributed by atoms with Crippen molar-refractivity contribution < 1.29 is 14.3 Å². The minimum absolute atomic E-state index is 0.0616. The normalized spacial score (nSPS) is 21.0. The van der Waals surface area contributed by atoms with E-state index in [0.717, 1.165) is 54.2 Å². The number of hydrogen-bond acceptors (Lipinski definition) is 5. The van der Waals surface area contributed by atoms with E-state index in [-0.39, 0.29) is 11.5 Å². The van der Waals surface area contributed by atoms with Crippen molar-refractivity contribution >= 4 is 11.6 Å². The Morgan fingerprint density at radius 3 is 2.52 bits per heavy atom. The van der Waals surface area contributed by atoms with E-state index in [1.54, 1.807) is 13.2 Å². The molecule has 1 unspecified atom stereocenters. The van der Waals surface area contributed by atoms with Gasteiger partial charge in [0.25, 0.3) is 5.91 Å². The molecule has 1 saturated heterocycles. The van der Waals surface area contributed by atoms with E-state index < -0.39 is 0 Å². The van der Waals surface area contributed by atoms with E-state index in [1.807, 2.05) is 23.1 Å². The van der Waals surface area contributed by atoms with E-state index in [2.05, 4.69) is 32.6 Å². The van der Waals surface area contributed by atoms with Crippen molar-refractivity contribution in [1.29, 1.82) is 0 Å². The fourth-order valence-electron chi connectivity index (χ4n) is 4.83. The first kappa shape index (κ1) is 21.5. The van der Waals surface area contributed by atoms with Crippen LogP contribution >= 0.6 is 0 Å². The van der Waals surface area contributed by atoms with Crippen LogP contribution in [0.4, 0.5) is 5.69 Å². The molecule has 31 heavy (non-hydrogen) atoms. The van der Waals surface area contributed by atoms with Gasteiger partial charge < -0.3 is 20.1 Å². The first-order valence-corrected chi connectivity index (χ1v) is 11.0. The average molecular weight is 424 g/mol. The maximum atomic E-state index is 12.9. The number of anilines is 1. The van der Waals surface area contributed by atoms with E-state index >= 15 is 0 Å². The van der Waals surface area contributed by atoms with E-state index in [0.29, 0.717) is 24.4 Å². The minimum Gasteiger partial charge on any atom is -0.497 e. The van der Waals surface area contributed by atoms with Crippen LogP contribution in [0, 0.1) is 20.8 Å². The zero-order chi connectivity index (χ0) is 22.3. The lowest BCUT2D eigenvalue weighted by Gasteiger charge is -2.38. The molecule has 2 aliphatic heterocycles. The zero-order valence-corrected chi connectivity index (χ0v) is 19.2. The third-order valence-electron chi connectivity index (χ3n) is 6.87. The minimum atomic E-state index is -0.281. The Balaban J connectivity index is 1.39. The second-order valence-electron chi connectivity index (χ2n) is 9.13. The van der Waals surface area contributed by atoms with Gasteiger partial charge in [0.1, 0.15) is 17.1 Å². The Bertz CT molecular complexity index is 973. The first-order chi connectivity index (χ1) is 14.7. The van der Waals surface area contributed by atoms with Crippen LogP contribution in [0.25, 0.3) is 0 Å². The van der Waals surface area contributed by atoms with Crippen LogP contribution in [0.3, 0.4) is 0 Å². The standard InChI is InChI=1S/C25H33N3O3/c1-16-17(2)23-21(18(3)22(16)26)14-25(4,31-23)15-27-9-11-28(12-10-27)24(29)19-7-6-8-20(13-19)30-5/h6-8,13H,9-12,14-15,26H2,1-5H3. The summed E-state index contributed by atoms with van der Waals surface area (Å²) < 4.78 is 11.8. The highest BCUT2D eigenvalue weighted by molar-refractivity contribution is 5.94. The lowest BCUT2D eigenvalue weighted by molar-refractivity contribution is 0.0342. The summed E-state index contributed by atoms with van der Waals surface area (Å²) >= 11 is 0. The quantitative estimate of drug-likeness (QED) is 0.764. The Labute approximate surface area is 184 Å². The van der Waals surface area contributed by atoms with Crippen molar-refractivity contribution in [3.05, 3.63) is 52.1 Å². The molecule has 0 radical (unpaired) electrons. The summed E-state index contributed by atoms with van der Waals surface area (Å²) in [7, 11) is 1.62. The van der Waals surface area contributed by atoms with Crippen molar-refractivity contribution in [1.82, 2.24) is 9.80 Å². The molecule has 0 spiro atoms. The smallest absolute Gasteiger partial charge is 0.254 e. The summed E-state index contributed by atoms with van der Waals surface area (Å²) in [4.78, 5) is 17.2. The third kappa shape index (κ3) is 3.97. The van der Waals surface area contributed by atoms with Crippen molar-refractivity contribution in [3.8, 4) is 11.5 Å². The molecule has 6 nitrogen and oxygen atoms in total. The molecule has 0 bridgehead atoms. The van der Waals surface area contributed by atoms with Crippen molar-refractivity contribution in [2.24, 2.45) is 0 Å².